The first-order valence-electron chi connectivity index (χ1n) is 5.12. The molecular formula is C10H21NO2. The summed E-state index contributed by atoms with van der Waals surface area (Å²) in [5.41, 5.74) is 0. The molecule has 1 rings (SSSR count). The SMILES string of the molecule is CC.CNC(=O)OC1CCCC1C. The third-order valence-corrected chi connectivity index (χ3v) is 2.25. The molecule has 1 amide bonds. The van der Waals surface area contributed by atoms with Crippen LogP contribution in [-0.4, -0.2) is 19.2 Å². The van der Waals surface area contributed by atoms with Crippen molar-refractivity contribution in [2.24, 2.45) is 5.92 Å². The summed E-state index contributed by atoms with van der Waals surface area (Å²) in [7, 11) is 1.59. The minimum atomic E-state index is -0.302. The van der Waals surface area contributed by atoms with Crippen molar-refractivity contribution in [2.75, 3.05) is 7.05 Å². The van der Waals surface area contributed by atoms with E-state index in [0.29, 0.717) is 5.92 Å². The standard InChI is InChI=1S/C8H15NO2.C2H6/c1-6-4-3-5-7(6)11-8(10)9-2;1-2/h6-7H,3-5H2,1-2H3,(H,9,10);1-2H3. The van der Waals surface area contributed by atoms with E-state index in [1.54, 1.807) is 7.05 Å². The van der Waals surface area contributed by atoms with Crippen LogP contribution in [0.1, 0.15) is 40.0 Å². The molecule has 0 bridgehead atoms. The molecule has 1 aliphatic rings. The molecule has 0 heterocycles. The molecule has 13 heavy (non-hydrogen) atoms. The molecule has 1 saturated carbocycles. The Labute approximate surface area is 80.8 Å². The van der Waals surface area contributed by atoms with Gasteiger partial charge >= 0.3 is 6.09 Å². The largest absolute Gasteiger partial charge is 0.446 e. The third kappa shape index (κ3) is 4.15. The Bertz CT molecular complexity index is 148. The highest BCUT2D eigenvalue weighted by molar-refractivity contribution is 5.66. The molecule has 1 N–H and O–H groups in total. The topological polar surface area (TPSA) is 38.3 Å². The van der Waals surface area contributed by atoms with Crippen LogP contribution in [0.4, 0.5) is 4.79 Å². The number of amides is 1. The molecular weight excluding hydrogens is 166 g/mol. The van der Waals surface area contributed by atoms with E-state index < -0.39 is 0 Å². The number of carbonyl (C=O) groups is 1. The van der Waals surface area contributed by atoms with Gasteiger partial charge in [-0.15, -0.1) is 0 Å². The number of hydrogen-bond donors (Lipinski definition) is 1. The Kier molecular flexibility index (Phi) is 6.37. The predicted molar refractivity (Wildman–Crippen MR) is 53.7 cm³/mol. The van der Waals surface area contributed by atoms with Crippen molar-refractivity contribution in [1.82, 2.24) is 5.32 Å². The van der Waals surface area contributed by atoms with Gasteiger partial charge in [0.05, 0.1) is 0 Å². The second-order valence-electron chi connectivity index (χ2n) is 3.10. The Balaban J connectivity index is 0.000000671. The molecule has 0 radical (unpaired) electrons. The minimum Gasteiger partial charge on any atom is -0.446 e. The van der Waals surface area contributed by atoms with Crippen molar-refractivity contribution in [3.63, 3.8) is 0 Å². The van der Waals surface area contributed by atoms with E-state index in [2.05, 4.69) is 12.2 Å². The summed E-state index contributed by atoms with van der Waals surface area (Å²) < 4.78 is 5.12. The molecule has 0 spiro atoms. The van der Waals surface area contributed by atoms with Gasteiger partial charge in [0.25, 0.3) is 0 Å². The van der Waals surface area contributed by atoms with Crippen LogP contribution < -0.4 is 5.32 Å². The van der Waals surface area contributed by atoms with Gasteiger partial charge in [-0.3, -0.25) is 0 Å². The first-order valence-corrected chi connectivity index (χ1v) is 5.12. The summed E-state index contributed by atoms with van der Waals surface area (Å²) in [6, 6.07) is 0. The molecule has 1 fully saturated rings. The second-order valence-corrected chi connectivity index (χ2v) is 3.10. The molecule has 0 aromatic rings. The molecule has 3 nitrogen and oxygen atoms in total. The number of alkyl carbamates (subject to hydrolysis) is 1. The first-order chi connectivity index (χ1) is 6.24. The molecule has 0 aliphatic heterocycles. The zero-order chi connectivity index (χ0) is 10.3. The first kappa shape index (κ1) is 12.3. The van der Waals surface area contributed by atoms with E-state index in [1.807, 2.05) is 13.8 Å². The Morgan fingerprint density at radius 1 is 1.38 bits per heavy atom. The van der Waals surface area contributed by atoms with Gasteiger partial charge < -0.3 is 10.1 Å². The van der Waals surface area contributed by atoms with Gasteiger partial charge in [0.2, 0.25) is 0 Å². The number of nitrogens with one attached hydrogen (secondary N) is 1. The van der Waals surface area contributed by atoms with Crippen LogP contribution in [0.3, 0.4) is 0 Å². The number of rotatable bonds is 1. The average Bonchev–Trinajstić information content (AvgIpc) is 2.55. The van der Waals surface area contributed by atoms with Gasteiger partial charge in [0.15, 0.2) is 0 Å². The summed E-state index contributed by atoms with van der Waals surface area (Å²) in [5.74, 6) is 0.535. The van der Waals surface area contributed by atoms with Crippen molar-refractivity contribution in [1.29, 1.82) is 0 Å². The van der Waals surface area contributed by atoms with Crippen molar-refractivity contribution in [3.05, 3.63) is 0 Å². The van der Waals surface area contributed by atoms with E-state index in [9.17, 15) is 4.79 Å². The van der Waals surface area contributed by atoms with E-state index in [0.717, 1.165) is 6.42 Å². The monoisotopic (exact) mass is 187 g/mol. The van der Waals surface area contributed by atoms with E-state index in [-0.39, 0.29) is 12.2 Å². The highest BCUT2D eigenvalue weighted by atomic mass is 16.6. The molecule has 1 aliphatic carbocycles. The molecule has 0 aromatic heterocycles. The van der Waals surface area contributed by atoms with Crippen LogP contribution in [0.5, 0.6) is 0 Å². The molecule has 0 saturated heterocycles. The summed E-state index contributed by atoms with van der Waals surface area (Å²) in [6.07, 6.45) is 3.23. The zero-order valence-electron chi connectivity index (χ0n) is 9.09. The van der Waals surface area contributed by atoms with E-state index in [4.69, 9.17) is 4.74 Å². The maximum atomic E-state index is 10.8. The fourth-order valence-electron chi connectivity index (χ4n) is 1.48. The smallest absolute Gasteiger partial charge is 0.407 e. The fraction of sp³-hybridized carbons (Fsp3) is 0.900. The summed E-state index contributed by atoms with van der Waals surface area (Å²) in [4.78, 5) is 10.8. The number of hydrogen-bond acceptors (Lipinski definition) is 2. The Hall–Kier alpha value is -0.730. The van der Waals surface area contributed by atoms with Gasteiger partial charge in [-0.05, 0) is 25.2 Å². The van der Waals surface area contributed by atoms with Gasteiger partial charge in [-0.25, -0.2) is 4.79 Å². The molecule has 78 valence electrons. The van der Waals surface area contributed by atoms with Crippen molar-refractivity contribution in [3.8, 4) is 0 Å². The summed E-state index contributed by atoms with van der Waals surface area (Å²) >= 11 is 0. The lowest BCUT2D eigenvalue weighted by atomic mass is 10.1. The molecule has 2 atom stereocenters. The van der Waals surface area contributed by atoms with Gasteiger partial charge in [0.1, 0.15) is 6.10 Å². The van der Waals surface area contributed by atoms with Gasteiger partial charge in [0, 0.05) is 7.05 Å². The molecule has 3 heteroatoms. The second kappa shape index (κ2) is 6.75. The summed E-state index contributed by atoms with van der Waals surface area (Å²) in [6.45, 7) is 6.13. The van der Waals surface area contributed by atoms with Crippen LogP contribution in [0.2, 0.25) is 0 Å². The lowest BCUT2D eigenvalue weighted by molar-refractivity contribution is 0.0817. The normalized spacial score (nSPS) is 25.8. The lowest BCUT2D eigenvalue weighted by Gasteiger charge is -2.15. The minimum absolute atomic E-state index is 0.148. The van der Waals surface area contributed by atoms with Gasteiger partial charge in [-0.1, -0.05) is 20.8 Å². The van der Waals surface area contributed by atoms with Crippen LogP contribution in [-0.2, 0) is 4.74 Å². The molecule has 0 aromatic carbocycles. The fourth-order valence-corrected chi connectivity index (χ4v) is 1.48. The average molecular weight is 187 g/mol. The highest BCUT2D eigenvalue weighted by Crippen LogP contribution is 2.27. The Morgan fingerprint density at radius 3 is 2.38 bits per heavy atom. The zero-order valence-corrected chi connectivity index (χ0v) is 9.09. The predicted octanol–water partition coefficient (Wildman–Crippen LogP) is 2.56. The van der Waals surface area contributed by atoms with E-state index in [1.165, 1.54) is 12.8 Å². The summed E-state index contributed by atoms with van der Waals surface area (Å²) in [5, 5.41) is 2.45. The van der Waals surface area contributed by atoms with Crippen molar-refractivity contribution in [2.45, 2.75) is 46.1 Å². The lowest BCUT2D eigenvalue weighted by Crippen LogP contribution is -2.27. The maximum Gasteiger partial charge on any atom is 0.407 e. The quantitative estimate of drug-likeness (QED) is 0.685. The van der Waals surface area contributed by atoms with Crippen molar-refractivity contribution >= 4 is 6.09 Å². The van der Waals surface area contributed by atoms with Crippen LogP contribution in [0.15, 0.2) is 0 Å². The van der Waals surface area contributed by atoms with Crippen LogP contribution in [0.25, 0.3) is 0 Å². The van der Waals surface area contributed by atoms with E-state index >= 15 is 0 Å². The van der Waals surface area contributed by atoms with Gasteiger partial charge in [-0.2, -0.15) is 0 Å². The maximum absolute atomic E-state index is 10.8. The van der Waals surface area contributed by atoms with Crippen molar-refractivity contribution < 1.29 is 9.53 Å². The number of carbonyl (C=O) groups excluding carboxylic acids is 1. The third-order valence-electron chi connectivity index (χ3n) is 2.25. The highest BCUT2D eigenvalue weighted by Gasteiger charge is 2.26. The number of ether oxygens (including phenoxy) is 1. The van der Waals surface area contributed by atoms with Crippen LogP contribution >= 0.6 is 0 Å². The molecule has 2 unspecified atom stereocenters. The Morgan fingerprint density at radius 2 is 2.00 bits per heavy atom. The van der Waals surface area contributed by atoms with Crippen LogP contribution in [0, 0.1) is 5.92 Å².